The number of aromatic nitrogens is 2. The molecule has 162 valence electrons. The molecule has 3 aromatic rings. The van der Waals surface area contributed by atoms with Crippen molar-refractivity contribution < 1.29 is 18.3 Å². The summed E-state index contributed by atoms with van der Waals surface area (Å²) in [5.74, 6) is -0.817. The first kappa shape index (κ1) is 20.1. The molecular formula is C23H24F2N4O2. The molecule has 0 bridgehead atoms. The van der Waals surface area contributed by atoms with E-state index in [0.29, 0.717) is 60.2 Å². The van der Waals surface area contributed by atoms with E-state index in [2.05, 4.69) is 10.3 Å². The highest BCUT2D eigenvalue weighted by molar-refractivity contribution is 5.84. The van der Waals surface area contributed by atoms with Crippen molar-refractivity contribution >= 4 is 16.9 Å². The van der Waals surface area contributed by atoms with E-state index in [9.17, 15) is 9.18 Å². The molecule has 0 saturated carbocycles. The van der Waals surface area contributed by atoms with E-state index < -0.39 is 5.82 Å². The van der Waals surface area contributed by atoms with Gasteiger partial charge >= 0.3 is 0 Å². The van der Waals surface area contributed by atoms with Gasteiger partial charge in [0.2, 0.25) is 5.91 Å². The van der Waals surface area contributed by atoms with Gasteiger partial charge in [0.1, 0.15) is 11.5 Å². The molecule has 0 aliphatic carbocycles. The SMILES string of the molecule is O=C(CCOCC1CCN1)N1CCn2c(c(F)c3cc(-c4ccccc4F)cnc32)C1. The molecule has 31 heavy (non-hydrogen) atoms. The van der Waals surface area contributed by atoms with Crippen molar-refractivity contribution in [1.29, 1.82) is 0 Å². The molecule has 2 aromatic heterocycles. The molecule has 0 radical (unpaired) electrons. The van der Waals surface area contributed by atoms with Crippen LogP contribution in [0.25, 0.3) is 22.2 Å². The van der Waals surface area contributed by atoms with Gasteiger partial charge in [-0.3, -0.25) is 4.79 Å². The topological polar surface area (TPSA) is 59.4 Å². The number of halogens is 2. The molecule has 2 aliphatic heterocycles. The van der Waals surface area contributed by atoms with Crippen LogP contribution in [0, 0.1) is 11.6 Å². The zero-order valence-corrected chi connectivity index (χ0v) is 17.1. The van der Waals surface area contributed by atoms with E-state index >= 15 is 4.39 Å². The van der Waals surface area contributed by atoms with Crippen molar-refractivity contribution in [2.75, 3.05) is 26.3 Å². The van der Waals surface area contributed by atoms with Crippen LogP contribution in [0.1, 0.15) is 18.5 Å². The lowest BCUT2D eigenvalue weighted by atomic mass is 10.1. The average Bonchev–Trinajstić information content (AvgIpc) is 3.03. The van der Waals surface area contributed by atoms with Gasteiger partial charge in [-0.1, -0.05) is 18.2 Å². The largest absolute Gasteiger partial charge is 0.379 e. The number of pyridine rings is 1. The van der Waals surface area contributed by atoms with Gasteiger partial charge in [0, 0.05) is 36.5 Å². The van der Waals surface area contributed by atoms with Crippen LogP contribution in [-0.4, -0.2) is 52.7 Å². The molecule has 2 aliphatic rings. The fourth-order valence-corrected chi connectivity index (χ4v) is 4.20. The van der Waals surface area contributed by atoms with Crippen molar-refractivity contribution in [1.82, 2.24) is 19.8 Å². The number of hydrogen-bond donors (Lipinski definition) is 1. The number of amides is 1. The number of fused-ring (bicyclic) bond motifs is 3. The summed E-state index contributed by atoms with van der Waals surface area (Å²) in [5, 5.41) is 3.60. The highest BCUT2D eigenvalue weighted by atomic mass is 19.1. The molecule has 1 N–H and O–H groups in total. The highest BCUT2D eigenvalue weighted by Gasteiger charge is 2.27. The lowest BCUT2D eigenvalue weighted by molar-refractivity contribution is -0.133. The van der Waals surface area contributed by atoms with Gasteiger partial charge < -0.3 is 19.5 Å². The zero-order valence-electron chi connectivity index (χ0n) is 17.1. The molecule has 1 unspecified atom stereocenters. The van der Waals surface area contributed by atoms with Crippen LogP contribution in [0.3, 0.4) is 0 Å². The molecule has 8 heteroatoms. The Bertz CT molecular complexity index is 1130. The Hall–Kier alpha value is -2.84. The van der Waals surface area contributed by atoms with Crippen LogP contribution in [0.2, 0.25) is 0 Å². The zero-order chi connectivity index (χ0) is 21.4. The van der Waals surface area contributed by atoms with Gasteiger partial charge in [-0.2, -0.15) is 0 Å². The fraction of sp³-hybridized carbons (Fsp3) is 0.391. The Morgan fingerprint density at radius 2 is 2.10 bits per heavy atom. The Kier molecular flexibility index (Phi) is 5.41. The summed E-state index contributed by atoms with van der Waals surface area (Å²) in [6.07, 6.45) is 2.96. The monoisotopic (exact) mass is 426 g/mol. The Morgan fingerprint density at radius 1 is 1.26 bits per heavy atom. The molecular weight excluding hydrogens is 402 g/mol. The second kappa shape index (κ2) is 8.36. The summed E-state index contributed by atoms with van der Waals surface area (Å²) in [7, 11) is 0. The number of carbonyl (C=O) groups excluding carboxylic acids is 1. The van der Waals surface area contributed by atoms with Crippen LogP contribution in [0.15, 0.2) is 36.5 Å². The number of carbonyl (C=O) groups is 1. The van der Waals surface area contributed by atoms with E-state index in [1.165, 1.54) is 6.07 Å². The van der Waals surface area contributed by atoms with Gasteiger partial charge in [-0.05, 0) is 25.1 Å². The molecule has 5 rings (SSSR count). The smallest absolute Gasteiger partial charge is 0.225 e. The van der Waals surface area contributed by atoms with E-state index in [1.807, 2.05) is 4.57 Å². The molecule has 1 amide bonds. The molecule has 1 fully saturated rings. The average molecular weight is 426 g/mol. The lowest BCUT2D eigenvalue weighted by Gasteiger charge is -2.29. The predicted molar refractivity (Wildman–Crippen MR) is 112 cm³/mol. The number of ether oxygens (including phenoxy) is 1. The first-order chi connectivity index (χ1) is 15.1. The molecule has 4 heterocycles. The van der Waals surface area contributed by atoms with Crippen molar-refractivity contribution in [3.63, 3.8) is 0 Å². The number of rotatable bonds is 6. The van der Waals surface area contributed by atoms with Gasteiger partial charge in [-0.15, -0.1) is 0 Å². The third-order valence-corrected chi connectivity index (χ3v) is 6.11. The van der Waals surface area contributed by atoms with Crippen LogP contribution >= 0.6 is 0 Å². The maximum absolute atomic E-state index is 15.3. The van der Waals surface area contributed by atoms with Crippen LogP contribution in [0.5, 0.6) is 0 Å². The summed E-state index contributed by atoms with van der Waals surface area (Å²) in [4.78, 5) is 18.7. The second-order valence-corrected chi connectivity index (χ2v) is 8.07. The van der Waals surface area contributed by atoms with E-state index in [-0.39, 0.29) is 24.7 Å². The summed E-state index contributed by atoms with van der Waals surface area (Å²) < 4.78 is 36.8. The molecule has 1 aromatic carbocycles. The molecule has 0 spiro atoms. The maximum atomic E-state index is 15.3. The van der Waals surface area contributed by atoms with Gasteiger partial charge in [0.25, 0.3) is 0 Å². The van der Waals surface area contributed by atoms with Gasteiger partial charge in [0.15, 0.2) is 5.82 Å². The molecule has 1 saturated heterocycles. The third-order valence-electron chi connectivity index (χ3n) is 6.11. The molecule has 6 nitrogen and oxygen atoms in total. The lowest BCUT2D eigenvalue weighted by Crippen LogP contribution is -2.46. The van der Waals surface area contributed by atoms with Crippen molar-refractivity contribution in [3.8, 4) is 11.1 Å². The second-order valence-electron chi connectivity index (χ2n) is 8.07. The Morgan fingerprint density at radius 3 is 2.87 bits per heavy atom. The normalized spacial score (nSPS) is 18.1. The highest BCUT2D eigenvalue weighted by Crippen LogP contribution is 2.31. The van der Waals surface area contributed by atoms with Gasteiger partial charge in [0.05, 0.1) is 37.3 Å². The Labute approximate surface area is 178 Å². The third kappa shape index (κ3) is 3.81. The van der Waals surface area contributed by atoms with Crippen LogP contribution in [0.4, 0.5) is 8.78 Å². The minimum Gasteiger partial charge on any atom is -0.379 e. The number of nitrogens with zero attached hydrogens (tertiary/aromatic N) is 3. The van der Waals surface area contributed by atoms with Gasteiger partial charge in [-0.25, -0.2) is 13.8 Å². The van der Waals surface area contributed by atoms with E-state index in [4.69, 9.17) is 4.74 Å². The minimum atomic E-state index is -0.398. The first-order valence-corrected chi connectivity index (χ1v) is 10.6. The molecule has 1 atom stereocenters. The van der Waals surface area contributed by atoms with Crippen LogP contribution in [-0.2, 0) is 22.6 Å². The van der Waals surface area contributed by atoms with Crippen LogP contribution < -0.4 is 5.32 Å². The minimum absolute atomic E-state index is 0.0440. The summed E-state index contributed by atoms with van der Waals surface area (Å²) in [6.45, 7) is 3.17. The fourth-order valence-electron chi connectivity index (χ4n) is 4.20. The van der Waals surface area contributed by atoms with E-state index in [0.717, 1.165) is 13.0 Å². The van der Waals surface area contributed by atoms with Crippen molar-refractivity contribution in [2.45, 2.75) is 32.0 Å². The quantitative estimate of drug-likeness (QED) is 0.616. The predicted octanol–water partition coefficient (Wildman–Crippen LogP) is 3.09. The Balaban J connectivity index is 1.32. The number of hydrogen-bond acceptors (Lipinski definition) is 4. The summed E-state index contributed by atoms with van der Waals surface area (Å²) in [6, 6.07) is 8.40. The summed E-state index contributed by atoms with van der Waals surface area (Å²) >= 11 is 0. The number of nitrogens with one attached hydrogen (secondary N) is 1. The standard InChI is InChI=1S/C23H24F2N4O2/c24-19-4-2-1-3-17(19)15-11-18-22(25)20-13-28(8-9-29(20)23(18)27-12-15)21(30)6-10-31-14-16-5-7-26-16/h1-4,11-12,16,26H,5-10,13-14H2. The van der Waals surface area contributed by atoms with Crippen molar-refractivity contribution in [2.24, 2.45) is 0 Å². The number of benzene rings is 1. The van der Waals surface area contributed by atoms with E-state index in [1.54, 1.807) is 35.4 Å². The first-order valence-electron chi connectivity index (χ1n) is 10.6. The summed E-state index contributed by atoms with van der Waals surface area (Å²) in [5.41, 5.74) is 1.87. The maximum Gasteiger partial charge on any atom is 0.225 e. The van der Waals surface area contributed by atoms with Crippen molar-refractivity contribution in [3.05, 3.63) is 53.9 Å².